The van der Waals surface area contributed by atoms with Gasteiger partial charge < -0.3 is 75.5 Å². The molecule has 5 fully saturated rings. The van der Waals surface area contributed by atoms with Gasteiger partial charge in [-0.2, -0.15) is 0 Å². The highest BCUT2D eigenvalue weighted by Crippen LogP contribution is 2.44. The first-order valence-corrected chi connectivity index (χ1v) is 45.5. The molecule has 0 N–H and O–H groups in total. The summed E-state index contributed by atoms with van der Waals surface area (Å²) in [7, 11) is -2.14. The molecule has 0 amide bonds. The number of alkyl halides is 7. The quantitative estimate of drug-likeness (QED) is 0.0209. The monoisotopic (exact) mass is 2160 g/mol. The molecule has 0 saturated carbocycles. The van der Waals surface area contributed by atoms with Crippen LogP contribution in [-0.4, -0.2) is 191 Å². The van der Waals surface area contributed by atoms with E-state index >= 15 is 0 Å². The van der Waals surface area contributed by atoms with E-state index in [1.165, 1.54) is 6.26 Å². The molecule has 6 aliphatic heterocycles. The Bertz CT molecular complexity index is 3240. The fourth-order valence-corrected chi connectivity index (χ4v) is 19.0. The average molecular weight is 2160 g/mol. The van der Waals surface area contributed by atoms with Crippen molar-refractivity contribution in [1.82, 2.24) is 0 Å². The number of halogens is 7. The van der Waals surface area contributed by atoms with E-state index in [0.717, 1.165) is 0 Å². The molecule has 0 bridgehead atoms. The van der Waals surface area contributed by atoms with Gasteiger partial charge in [-0.3, -0.25) is 0 Å². The fraction of sp³-hybridized carbons (Fsp3) is 0.571. The number of esters is 4. The Morgan fingerprint density at radius 2 is 0.786 bits per heavy atom. The van der Waals surface area contributed by atoms with Crippen molar-refractivity contribution >= 4 is 190 Å². The maximum absolute atomic E-state index is 14.4. The number of carbonyl (C=O) groups excluding carboxylic acids is 4. The van der Waals surface area contributed by atoms with E-state index in [0.29, 0.717) is 65.6 Å². The van der Waals surface area contributed by atoms with Crippen molar-refractivity contribution in [2.75, 3.05) is 17.7 Å². The fourth-order valence-electron chi connectivity index (χ4n) is 12.1. The molecular weight excluding hydrogens is 2080 g/mol. The topological polar surface area (TPSA) is 216 Å². The summed E-state index contributed by atoms with van der Waals surface area (Å²) in [5.41, 5.74) is 1.49. The SMILES string of the molecule is C[C@@H]1O[C@@H](O[C@@H]2[C@@H](I)[C@H](O[C@H]3[C@H](OC(=O)c4ccccc4)C=CO[C@@H]3CI)O[C@H](CI)[C@H]2OC(=O)c2ccccc2)CC[C@@H]1O[C@@H]1O[C@H](CI)[C@@H](O[C@@H]2O[C@H](CI)[C@@H](OC(=O)c3ccccc3)[C@H](O[C@H]3CC[C@H](O[Si](C)(C)C(C)(C)C)[C@H](C)O3)[C@H]2I)[C@H](OC(=O)c2ccccc2)[C@H]1I. The first-order valence-electron chi connectivity index (χ1n) is 32.7. The van der Waals surface area contributed by atoms with Crippen molar-refractivity contribution in [3.8, 4) is 0 Å². The molecule has 5 saturated heterocycles. The van der Waals surface area contributed by atoms with Crippen molar-refractivity contribution < 1.29 is 94.7 Å². The summed E-state index contributed by atoms with van der Waals surface area (Å²) in [4.78, 5) is 55.9. The largest absolute Gasteiger partial charge is 0.495 e. The van der Waals surface area contributed by atoms with E-state index in [-0.39, 0.29) is 17.2 Å². The zero-order chi connectivity index (χ0) is 70.0. The highest BCUT2D eigenvalue weighted by Gasteiger charge is 2.57. The van der Waals surface area contributed by atoms with Gasteiger partial charge in [-0.15, -0.1) is 0 Å². The predicted molar refractivity (Wildman–Crippen MR) is 425 cm³/mol. The van der Waals surface area contributed by atoms with E-state index in [2.05, 4.69) is 192 Å². The summed E-state index contributed by atoms with van der Waals surface area (Å²) in [6.45, 7) is 15.1. The van der Waals surface area contributed by atoms with Crippen LogP contribution in [0.15, 0.2) is 134 Å². The normalized spacial score (nSPS) is 35.3. The minimum absolute atomic E-state index is 0.00735. The molecule has 536 valence electrons. The van der Waals surface area contributed by atoms with Crippen molar-refractivity contribution in [2.45, 2.75) is 219 Å². The molecule has 4 aromatic carbocycles. The van der Waals surface area contributed by atoms with Gasteiger partial charge in [-0.1, -0.05) is 252 Å². The van der Waals surface area contributed by atoms with E-state index in [9.17, 15) is 19.2 Å². The second-order valence-electron chi connectivity index (χ2n) is 26.2. The number of ether oxygens (including phenoxy) is 15. The Hall–Kier alpha value is -0.813. The zero-order valence-corrected chi connectivity index (χ0v) is 71.1. The highest BCUT2D eigenvalue weighted by atomic mass is 127. The molecule has 28 heteroatoms. The van der Waals surface area contributed by atoms with Crippen molar-refractivity contribution in [2.24, 2.45) is 0 Å². The molecule has 0 unspecified atom stereocenters. The average Bonchev–Trinajstić information content (AvgIpc) is 0.775. The second-order valence-corrected chi connectivity index (χ2v) is 38.8. The van der Waals surface area contributed by atoms with E-state index < -0.39 is 161 Å². The van der Waals surface area contributed by atoms with Gasteiger partial charge in [-0.05, 0) is 99.4 Å². The molecule has 0 aromatic heterocycles. The van der Waals surface area contributed by atoms with Gasteiger partial charge in [0.25, 0.3) is 0 Å². The molecular formula is C70H83I7O20Si. The standard InChI is InChI=1S/C70H83I7O20Si/c1-38-44(28-30-51(83-38)90-60-53(75)68(88-48(35-72)57(60)92-64(79)41-22-14-9-15-23-41)95-56-46(32-33-82-47(56)34-71)85-63(78)40-20-12-8-13-21-40)86-67-55(77)62(94-66(81)43-26-18-11-19-27-43)59(50(37-74)87-67)96-69-54(76)61(58(49(36-73)89-69)93-65(80)42-24-16-10-17-25-42)91-52-31-29-45(39(2)84-52)97-98(6,7)70(3,4)5/h8-27,32-33,38-39,44-62,67-69H,28-31,34-37H2,1-7H3/t38-,39-,44-,45-,46+,47+,48+,49+,50+,51-,52-,53+,54+,55+,56-,57+,58+,59+,60+,61+,62+,67+,68-,69-/m0/s1. The van der Waals surface area contributed by atoms with Crippen LogP contribution in [0.3, 0.4) is 0 Å². The lowest BCUT2D eigenvalue weighted by Crippen LogP contribution is -2.64. The zero-order valence-electron chi connectivity index (χ0n) is 55.0. The van der Waals surface area contributed by atoms with Gasteiger partial charge in [0.15, 0.2) is 58.1 Å². The molecule has 10 rings (SSSR count). The van der Waals surface area contributed by atoms with Gasteiger partial charge in [-0.25, -0.2) is 19.2 Å². The van der Waals surface area contributed by atoms with E-state index in [1.54, 1.807) is 103 Å². The molecule has 6 heterocycles. The van der Waals surface area contributed by atoms with E-state index in [4.69, 9.17) is 75.5 Å². The molecule has 6 aliphatic rings. The van der Waals surface area contributed by atoms with Crippen LogP contribution in [-0.2, 0) is 75.5 Å². The van der Waals surface area contributed by atoms with Crippen LogP contribution in [0, 0.1) is 0 Å². The van der Waals surface area contributed by atoms with Crippen LogP contribution in [0.1, 0.15) is 102 Å². The Kier molecular flexibility index (Phi) is 30.2. The van der Waals surface area contributed by atoms with E-state index in [1.807, 2.05) is 38.1 Å². The van der Waals surface area contributed by atoms with Gasteiger partial charge >= 0.3 is 23.9 Å². The van der Waals surface area contributed by atoms with Crippen LogP contribution < -0.4 is 0 Å². The lowest BCUT2D eigenvalue weighted by atomic mass is 9.98. The summed E-state index contributed by atoms with van der Waals surface area (Å²) in [5.74, 6) is -2.15. The smallest absolute Gasteiger partial charge is 0.338 e. The second kappa shape index (κ2) is 37.1. The molecule has 20 nitrogen and oxygen atoms in total. The van der Waals surface area contributed by atoms with Crippen LogP contribution in [0.2, 0.25) is 18.1 Å². The number of hydrogen-bond donors (Lipinski definition) is 0. The van der Waals surface area contributed by atoms with Crippen LogP contribution in [0.25, 0.3) is 0 Å². The number of hydrogen-bond acceptors (Lipinski definition) is 20. The molecule has 0 radical (unpaired) electrons. The Labute approximate surface area is 669 Å². The summed E-state index contributed by atoms with van der Waals surface area (Å²) in [5, 5.41) is 0.00735. The maximum atomic E-state index is 14.4. The molecule has 98 heavy (non-hydrogen) atoms. The van der Waals surface area contributed by atoms with Crippen molar-refractivity contribution in [3.05, 3.63) is 156 Å². The highest BCUT2D eigenvalue weighted by molar-refractivity contribution is 14.1. The molecule has 24 atom stereocenters. The van der Waals surface area contributed by atoms with Crippen molar-refractivity contribution in [3.63, 3.8) is 0 Å². The summed E-state index contributed by atoms with van der Waals surface area (Å²) in [6, 6.07) is 35.1. The first-order chi connectivity index (χ1) is 47.0. The van der Waals surface area contributed by atoms with Gasteiger partial charge in [0, 0.05) is 30.6 Å². The number of benzene rings is 4. The van der Waals surface area contributed by atoms with Crippen LogP contribution in [0.5, 0.6) is 0 Å². The van der Waals surface area contributed by atoms with Gasteiger partial charge in [0.05, 0.1) is 66.9 Å². The third-order valence-corrected chi connectivity index (χ3v) is 30.3. The lowest BCUT2D eigenvalue weighted by Gasteiger charge is -2.49. The Morgan fingerprint density at radius 3 is 1.18 bits per heavy atom. The molecule has 0 spiro atoms. The van der Waals surface area contributed by atoms with Gasteiger partial charge in [0.2, 0.25) is 0 Å². The summed E-state index contributed by atoms with van der Waals surface area (Å²) >= 11 is 15.7. The first kappa shape index (κ1) is 79.7. The molecule has 0 aliphatic carbocycles. The molecule has 4 aromatic rings. The Morgan fingerprint density at radius 1 is 0.429 bits per heavy atom. The van der Waals surface area contributed by atoms with Crippen molar-refractivity contribution in [1.29, 1.82) is 0 Å². The predicted octanol–water partition coefficient (Wildman–Crippen LogP) is 14.5. The minimum atomic E-state index is -2.14. The van der Waals surface area contributed by atoms with Crippen LogP contribution in [0.4, 0.5) is 0 Å². The lowest BCUT2D eigenvalue weighted by molar-refractivity contribution is -0.331. The summed E-state index contributed by atoms with van der Waals surface area (Å²) < 4.78 is 107. The Balaban J connectivity index is 0.865. The third kappa shape index (κ3) is 20.1. The summed E-state index contributed by atoms with van der Waals surface area (Å²) in [6.07, 6.45) is -10.3. The number of carbonyl (C=O) groups is 4. The van der Waals surface area contributed by atoms with Crippen LogP contribution >= 0.6 is 158 Å². The maximum Gasteiger partial charge on any atom is 0.338 e. The third-order valence-electron chi connectivity index (χ3n) is 18.5. The minimum Gasteiger partial charge on any atom is -0.495 e. The number of rotatable bonds is 24. The van der Waals surface area contributed by atoms with Gasteiger partial charge in [0.1, 0.15) is 52.8 Å².